The lowest BCUT2D eigenvalue weighted by molar-refractivity contribution is -0.126. The molecule has 25 heavy (non-hydrogen) atoms. The first-order valence-electron chi connectivity index (χ1n) is 7.60. The zero-order valence-electron chi connectivity index (χ0n) is 13.5. The van der Waals surface area contributed by atoms with Gasteiger partial charge in [0.15, 0.2) is 11.6 Å². The molecule has 2 rings (SSSR count). The molecule has 2 amide bonds. The Morgan fingerprint density at radius 3 is 2.44 bits per heavy atom. The number of rotatable bonds is 6. The minimum absolute atomic E-state index is 0.0518. The zero-order valence-corrected chi connectivity index (χ0v) is 13.5. The maximum absolute atomic E-state index is 13.2. The van der Waals surface area contributed by atoms with Gasteiger partial charge in [-0.3, -0.25) is 9.59 Å². The second kappa shape index (κ2) is 8.32. The van der Waals surface area contributed by atoms with Gasteiger partial charge in [-0.1, -0.05) is 18.2 Å². The van der Waals surface area contributed by atoms with Crippen LogP contribution in [0, 0.1) is 17.5 Å². The van der Waals surface area contributed by atoms with Crippen LogP contribution in [0.25, 0.3) is 0 Å². The third-order valence-corrected chi connectivity index (χ3v) is 3.52. The molecular weight excluding hydrogens is 333 g/mol. The Hall–Kier alpha value is -2.83. The van der Waals surface area contributed by atoms with Crippen molar-refractivity contribution in [1.82, 2.24) is 10.6 Å². The maximum atomic E-state index is 13.2. The van der Waals surface area contributed by atoms with Crippen LogP contribution >= 0.6 is 0 Å². The largest absolute Gasteiger partial charge is 0.348 e. The van der Waals surface area contributed by atoms with Crippen LogP contribution in [-0.4, -0.2) is 18.4 Å². The number of hydrogen-bond acceptors (Lipinski definition) is 2. The lowest BCUT2D eigenvalue weighted by Crippen LogP contribution is -2.38. The lowest BCUT2D eigenvalue weighted by atomic mass is 10.1. The van der Waals surface area contributed by atoms with Crippen LogP contribution in [0.4, 0.5) is 13.2 Å². The van der Waals surface area contributed by atoms with Gasteiger partial charge in [0.2, 0.25) is 11.8 Å². The van der Waals surface area contributed by atoms with Crippen LogP contribution < -0.4 is 10.6 Å². The van der Waals surface area contributed by atoms with E-state index in [1.165, 1.54) is 24.3 Å². The quantitative estimate of drug-likeness (QED) is 0.842. The summed E-state index contributed by atoms with van der Waals surface area (Å²) in [6.45, 7) is 1.33. The van der Waals surface area contributed by atoms with Gasteiger partial charge in [0.05, 0.1) is 19.0 Å². The first kappa shape index (κ1) is 18.5. The molecule has 1 atom stereocenters. The summed E-state index contributed by atoms with van der Waals surface area (Å²) >= 11 is 0. The molecule has 2 N–H and O–H groups in total. The Labute approximate surface area is 143 Å². The molecule has 0 aromatic heterocycles. The topological polar surface area (TPSA) is 58.2 Å². The summed E-state index contributed by atoms with van der Waals surface area (Å²) in [6, 6.07) is 8.41. The van der Waals surface area contributed by atoms with Crippen LogP contribution in [-0.2, 0) is 16.0 Å². The lowest BCUT2D eigenvalue weighted by Gasteiger charge is -2.15. The van der Waals surface area contributed by atoms with Gasteiger partial charge in [0, 0.05) is 0 Å². The third-order valence-electron chi connectivity index (χ3n) is 3.52. The summed E-state index contributed by atoms with van der Waals surface area (Å²) in [5, 5.41) is 4.99. The van der Waals surface area contributed by atoms with Crippen molar-refractivity contribution in [3.05, 3.63) is 71.0 Å². The molecule has 2 aromatic rings. The van der Waals surface area contributed by atoms with Crippen molar-refractivity contribution in [3.8, 4) is 0 Å². The van der Waals surface area contributed by atoms with Crippen LogP contribution in [0.1, 0.15) is 24.1 Å². The molecule has 7 heteroatoms. The van der Waals surface area contributed by atoms with Crippen LogP contribution in [0.5, 0.6) is 0 Å². The number of carbonyl (C=O) groups excluding carboxylic acids is 2. The smallest absolute Gasteiger partial charge is 0.239 e. The van der Waals surface area contributed by atoms with E-state index in [2.05, 4.69) is 10.6 Å². The van der Waals surface area contributed by atoms with Crippen LogP contribution in [0.15, 0.2) is 42.5 Å². The number of nitrogens with one attached hydrogen (secondary N) is 2. The minimum Gasteiger partial charge on any atom is -0.348 e. The standard InChI is InChI=1S/C18H17F3N2O2/c1-11(13-5-6-15(20)16(21)9-13)23-18(25)10-22-17(24)8-12-3-2-4-14(19)7-12/h2-7,9,11H,8,10H2,1H3,(H,22,24)(H,23,25). The van der Waals surface area contributed by atoms with Crippen molar-refractivity contribution >= 4 is 11.8 Å². The van der Waals surface area contributed by atoms with Crippen molar-refractivity contribution in [2.45, 2.75) is 19.4 Å². The van der Waals surface area contributed by atoms with Crippen LogP contribution in [0.2, 0.25) is 0 Å². The molecule has 0 aliphatic heterocycles. The minimum atomic E-state index is -0.998. The molecule has 0 heterocycles. The van der Waals surface area contributed by atoms with Gasteiger partial charge in [-0.05, 0) is 42.3 Å². The van der Waals surface area contributed by atoms with E-state index in [1.54, 1.807) is 13.0 Å². The maximum Gasteiger partial charge on any atom is 0.239 e. The van der Waals surface area contributed by atoms with Gasteiger partial charge in [-0.15, -0.1) is 0 Å². The highest BCUT2D eigenvalue weighted by Crippen LogP contribution is 2.15. The average Bonchev–Trinajstić information content (AvgIpc) is 2.55. The predicted octanol–water partition coefficient (Wildman–Crippen LogP) is 2.64. The number of carbonyl (C=O) groups is 2. The molecule has 2 aromatic carbocycles. The van der Waals surface area contributed by atoms with E-state index in [4.69, 9.17) is 0 Å². The molecule has 1 unspecified atom stereocenters. The van der Waals surface area contributed by atoms with Crippen molar-refractivity contribution in [2.75, 3.05) is 6.54 Å². The van der Waals surface area contributed by atoms with E-state index < -0.39 is 35.3 Å². The highest BCUT2D eigenvalue weighted by Gasteiger charge is 2.13. The van der Waals surface area contributed by atoms with Gasteiger partial charge in [-0.25, -0.2) is 13.2 Å². The number of halogens is 3. The monoisotopic (exact) mass is 350 g/mol. The first-order chi connectivity index (χ1) is 11.8. The molecule has 0 saturated carbocycles. The fraction of sp³-hybridized carbons (Fsp3) is 0.222. The summed E-state index contributed by atoms with van der Waals surface area (Å²) in [5.41, 5.74) is 0.895. The van der Waals surface area contributed by atoms with E-state index >= 15 is 0 Å². The second-order valence-electron chi connectivity index (χ2n) is 5.55. The average molecular weight is 350 g/mol. The fourth-order valence-electron chi connectivity index (χ4n) is 2.23. The highest BCUT2D eigenvalue weighted by molar-refractivity contribution is 5.85. The molecule has 0 aliphatic rings. The summed E-state index contributed by atoms with van der Waals surface area (Å²) < 4.78 is 39.1. The highest BCUT2D eigenvalue weighted by atomic mass is 19.2. The molecule has 0 spiro atoms. The molecule has 132 valence electrons. The van der Waals surface area contributed by atoms with Gasteiger partial charge in [0.1, 0.15) is 5.82 Å². The molecule has 0 bridgehead atoms. The fourth-order valence-corrected chi connectivity index (χ4v) is 2.23. The van der Waals surface area contributed by atoms with Gasteiger partial charge < -0.3 is 10.6 Å². The molecule has 0 saturated heterocycles. The van der Waals surface area contributed by atoms with Crippen LogP contribution in [0.3, 0.4) is 0 Å². The third kappa shape index (κ3) is 5.63. The van der Waals surface area contributed by atoms with E-state index in [1.807, 2.05) is 0 Å². The van der Waals surface area contributed by atoms with Gasteiger partial charge in [-0.2, -0.15) is 0 Å². The molecule has 0 fully saturated rings. The van der Waals surface area contributed by atoms with E-state index in [9.17, 15) is 22.8 Å². The molecule has 0 radical (unpaired) electrons. The predicted molar refractivity (Wildman–Crippen MR) is 86.0 cm³/mol. The Kier molecular flexibility index (Phi) is 6.16. The van der Waals surface area contributed by atoms with E-state index in [0.717, 1.165) is 12.1 Å². The summed E-state index contributed by atoms with van der Waals surface area (Å²) in [5.74, 6) is -3.32. The molecule has 4 nitrogen and oxygen atoms in total. The molecule has 0 aliphatic carbocycles. The first-order valence-corrected chi connectivity index (χ1v) is 7.60. The second-order valence-corrected chi connectivity index (χ2v) is 5.55. The van der Waals surface area contributed by atoms with E-state index in [0.29, 0.717) is 11.1 Å². The van der Waals surface area contributed by atoms with Crippen molar-refractivity contribution in [2.24, 2.45) is 0 Å². The zero-order chi connectivity index (χ0) is 18.4. The van der Waals surface area contributed by atoms with Gasteiger partial charge >= 0.3 is 0 Å². The normalized spacial score (nSPS) is 11.7. The summed E-state index contributed by atoms with van der Waals surface area (Å²) in [4.78, 5) is 23.6. The Balaban J connectivity index is 1.81. The summed E-state index contributed by atoms with van der Waals surface area (Å²) in [6.07, 6.45) is -0.0518. The van der Waals surface area contributed by atoms with Crippen molar-refractivity contribution in [1.29, 1.82) is 0 Å². The van der Waals surface area contributed by atoms with Crippen molar-refractivity contribution < 1.29 is 22.8 Å². The number of hydrogen-bond donors (Lipinski definition) is 2. The number of benzene rings is 2. The van der Waals surface area contributed by atoms with Crippen molar-refractivity contribution in [3.63, 3.8) is 0 Å². The SMILES string of the molecule is CC(NC(=O)CNC(=O)Cc1cccc(F)c1)c1ccc(F)c(F)c1. The molecular formula is C18H17F3N2O2. The Bertz CT molecular complexity index is 781. The Morgan fingerprint density at radius 2 is 1.76 bits per heavy atom. The van der Waals surface area contributed by atoms with E-state index in [-0.39, 0.29) is 13.0 Å². The Morgan fingerprint density at radius 1 is 1.00 bits per heavy atom. The summed E-state index contributed by atoms with van der Waals surface area (Å²) in [7, 11) is 0. The van der Waals surface area contributed by atoms with Gasteiger partial charge in [0.25, 0.3) is 0 Å². The number of amides is 2.